The van der Waals surface area contributed by atoms with Gasteiger partial charge in [-0.25, -0.2) is 0 Å². The Bertz CT molecular complexity index is 821. The highest BCUT2D eigenvalue weighted by atomic mass is 16.5. The molecule has 0 aromatic heterocycles. The maximum absolute atomic E-state index is 13.4. The molecule has 1 fully saturated rings. The molecule has 0 N–H and O–H groups in total. The predicted octanol–water partition coefficient (Wildman–Crippen LogP) is 3.09. The Morgan fingerprint density at radius 3 is 2.13 bits per heavy atom. The number of imide groups is 1. The smallest absolute Gasteiger partial charge is 0.277 e. The predicted molar refractivity (Wildman–Crippen MR) is 119 cm³/mol. The summed E-state index contributed by atoms with van der Waals surface area (Å²) in [5, 5.41) is 0. The molecular formula is C24H34N2O5. The van der Waals surface area contributed by atoms with Gasteiger partial charge in [0.15, 0.2) is 0 Å². The first-order valence-electron chi connectivity index (χ1n) is 11.1. The minimum absolute atomic E-state index is 0.0273. The first kappa shape index (κ1) is 23.3. The number of morpholine rings is 1. The number of hydrogen-bond acceptors (Lipinski definition) is 6. The van der Waals surface area contributed by atoms with Gasteiger partial charge in [0.25, 0.3) is 11.8 Å². The molecule has 0 radical (unpaired) electrons. The monoisotopic (exact) mass is 430 g/mol. The number of rotatable bonds is 8. The van der Waals surface area contributed by atoms with Gasteiger partial charge in [0.1, 0.15) is 11.4 Å². The molecule has 3 rings (SSSR count). The SMILES string of the molecule is CC(C)OCCN1C(=O)C(c2ccc(OC(C)C)cc2)=C(N2CC(C)OC(C)C2)C1=O. The molecule has 2 heterocycles. The van der Waals surface area contributed by atoms with E-state index in [0.29, 0.717) is 36.5 Å². The van der Waals surface area contributed by atoms with Crippen LogP contribution in [0.5, 0.6) is 5.75 Å². The quantitative estimate of drug-likeness (QED) is 0.591. The largest absolute Gasteiger partial charge is 0.491 e. The van der Waals surface area contributed by atoms with Crippen LogP contribution in [0.1, 0.15) is 47.1 Å². The van der Waals surface area contributed by atoms with Crippen molar-refractivity contribution in [1.82, 2.24) is 9.80 Å². The number of benzene rings is 1. The zero-order chi connectivity index (χ0) is 22.7. The zero-order valence-electron chi connectivity index (χ0n) is 19.4. The maximum atomic E-state index is 13.4. The van der Waals surface area contributed by atoms with E-state index >= 15 is 0 Å². The topological polar surface area (TPSA) is 68.3 Å². The summed E-state index contributed by atoms with van der Waals surface area (Å²) in [5.41, 5.74) is 1.60. The average molecular weight is 431 g/mol. The van der Waals surface area contributed by atoms with Gasteiger partial charge in [-0.2, -0.15) is 0 Å². The molecule has 7 heteroatoms. The Morgan fingerprint density at radius 2 is 1.58 bits per heavy atom. The van der Waals surface area contributed by atoms with Crippen molar-refractivity contribution >= 4 is 17.4 Å². The molecule has 2 amide bonds. The van der Waals surface area contributed by atoms with Crippen LogP contribution in [0.15, 0.2) is 30.0 Å². The second kappa shape index (κ2) is 9.83. The lowest BCUT2D eigenvalue weighted by molar-refractivity contribution is -0.139. The second-order valence-corrected chi connectivity index (χ2v) is 8.76. The van der Waals surface area contributed by atoms with Gasteiger partial charge in [-0.05, 0) is 59.2 Å². The summed E-state index contributed by atoms with van der Waals surface area (Å²) in [6.45, 7) is 13.4. The molecule has 1 saturated heterocycles. The number of nitrogens with zero attached hydrogens (tertiary/aromatic N) is 2. The van der Waals surface area contributed by atoms with Crippen molar-refractivity contribution in [2.45, 2.75) is 66.0 Å². The Hall–Kier alpha value is -2.38. The lowest BCUT2D eigenvalue weighted by atomic mass is 10.0. The van der Waals surface area contributed by atoms with E-state index in [-0.39, 0.29) is 42.8 Å². The first-order valence-corrected chi connectivity index (χ1v) is 11.1. The number of carbonyl (C=O) groups is 2. The second-order valence-electron chi connectivity index (χ2n) is 8.76. The highest BCUT2D eigenvalue weighted by Gasteiger charge is 2.42. The molecule has 2 aliphatic heterocycles. The van der Waals surface area contributed by atoms with Gasteiger partial charge in [0.2, 0.25) is 0 Å². The van der Waals surface area contributed by atoms with E-state index < -0.39 is 0 Å². The summed E-state index contributed by atoms with van der Waals surface area (Å²) >= 11 is 0. The van der Waals surface area contributed by atoms with Gasteiger partial charge in [-0.15, -0.1) is 0 Å². The number of hydrogen-bond donors (Lipinski definition) is 0. The minimum atomic E-state index is -0.281. The fourth-order valence-electron chi connectivity index (χ4n) is 4.03. The van der Waals surface area contributed by atoms with Crippen molar-refractivity contribution in [3.8, 4) is 5.75 Å². The third kappa shape index (κ3) is 5.46. The van der Waals surface area contributed by atoms with Gasteiger partial charge < -0.3 is 19.1 Å². The average Bonchev–Trinajstić information content (AvgIpc) is 2.92. The fourth-order valence-corrected chi connectivity index (χ4v) is 4.03. The Labute approximate surface area is 184 Å². The van der Waals surface area contributed by atoms with Crippen molar-refractivity contribution in [3.05, 3.63) is 35.5 Å². The van der Waals surface area contributed by atoms with E-state index in [1.165, 1.54) is 4.90 Å². The van der Waals surface area contributed by atoms with Gasteiger partial charge in [-0.3, -0.25) is 14.5 Å². The summed E-state index contributed by atoms with van der Waals surface area (Å²) in [6, 6.07) is 7.37. The minimum Gasteiger partial charge on any atom is -0.491 e. The molecule has 2 unspecified atom stereocenters. The van der Waals surface area contributed by atoms with Gasteiger partial charge >= 0.3 is 0 Å². The number of amides is 2. The van der Waals surface area contributed by atoms with Gasteiger partial charge in [0, 0.05) is 13.1 Å². The molecule has 7 nitrogen and oxygen atoms in total. The Balaban J connectivity index is 1.95. The van der Waals surface area contributed by atoms with E-state index in [0.717, 1.165) is 5.75 Å². The van der Waals surface area contributed by atoms with Crippen LogP contribution in [0.3, 0.4) is 0 Å². The van der Waals surface area contributed by atoms with Crippen LogP contribution in [0.2, 0.25) is 0 Å². The molecule has 0 bridgehead atoms. The highest BCUT2D eigenvalue weighted by Crippen LogP contribution is 2.34. The maximum Gasteiger partial charge on any atom is 0.277 e. The van der Waals surface area contributed by atoms with Crippen LogP contribution in [0.4, 0.5) is 0 Å². The Kier molecular flexibility index (Phi) is 7.38. The molecular weight excluding hydrogens is 396 g/mol. The molecule has 170 valence electrons. The molecule has 2 atom stereocenters. The third-order valence-corrected chi connectivity index (χ3v) is 5.16. The molecule has 0 saturated carbocycles. The van der Waals surface area contributed by atoms with E-state index in [9.17, 15) is 9.59 Å². The van der Waals surface area contributed by atoms with Crippen LogP contribution in [-0.2, 0) is 19.1 Å². The Morgan fingerprint density at radius 1 is 0.968 bits per heavy atom. The van der Waals surface area contributed by atoms with Crippen LogP contribution in [-0.4, -0.2) is 72.3 Å². The number of ether oxygens (including phenoxy) is 3. The summed E-state index contributed by atoms with van der Waals surface area (Å²) in [7, 11) is 0. The van der Waals surface area contributed by atoms with Crippen molar-refractivity contribution in [1.29, 1.82) is 0 Å². The summed E-state index contributed by atoms with van der Waals surface area (Å²) in [4.78, 5) is 30.1. The van der Waals surface area contributed by atoms with Crippen molar-refractivity contribution in [2.75, 3.05) is 26.2 Å². The van der Waals surface area contributed by atoms with E-state index in [2.05, 4.69) is 0 Å². The normalized spacial score (nSPS) is 22.3. The van der Waals surface area contributed by atoms with E-state index in [1.54, 1.807) is 0 Å². The van der Waals surface area contributed by atoms with Crippen LogP contribution >= 0.6 is 0 Å². The molecule has 0 aliphatic carbocycles. The van der Waals surface area contributed by atoms with Crippen molar-refractivity contribution < 1.29 is 23.8 Å². The van der Waals surface area contributed by atoms with E-state index in [1.807, 2.05) is 70.7 Å². The first-order chi connectivity index (χ1) is 14.7. The summed E-state index contributed by atoms with van der Waals surface area (Å²) < 4.78 is 17.2. The fraction of sp³-hybridized carbons (Fsp3) is 0.583. The van der Waals surface area contributed by atoms with Crippen molar-refractivity contribution in [3.63, 3.8) is 0 Å². The van der Waals surface area contributed by atoms with Gasteiger partial charge in [-0.1, -0.05) is 12.1 Å². The molecule has 0 spiro atoms. The van der Waals surface area contributed by atoms with Crippen molar-refractivity contribution in [2.24, 2.45) is 0 Å². The van der Waals surface area contributed by atoms with Crippen LogP contribution < -0.4 is 4.74 Å². The summed E-state index contributed by atoms with van der Waals surface area (Å²) in [5.74, 6) is 0.182. The highest BCUT2D eigenvalue weighted by molar-refractivity contribution is 6.35. The molecule has 2 aliphatic rings. The van der Waals surface area contributed by atoms with Crippen LogP contribution in [0.25, 0.3) is 5.57 Å². The standard InChI is InChI=1S/C24H34N2O5/c1-15(2)29-12-11-26-23(27)21(19-7-9-20(10-8-19)30-16(3)4)22(24(26)28)25-13-17(5)31-18(6)14-25/h7-10,15-18H,11-14H2,1-6H3. The number of carbonyl (C=O) groups excluding carboxylic acids is 2. The zero-order valence-corrected chi connectivity index (χ0v) is 19.4. The third-order valence-electron chi connectivity index (χ3n) is 5.16. The lowest BCUT2D eigenvalue weighted by Crippen LogP contribution is -2.47. The lowest BCUT2D eigenvalue weighted by Gasteiger charge is -2.37. The van der Waals surface area contributed by atoms with Gasteiger partial charge in [0.05, 0.1) is 43.1 Å². The molecule has 31 heavy (non-hydrogen) atoms. The van der Waals surface area contributed by atoms with Crippen LogP contribution in [0, 0.1) is 0 Å². The van der Waals surface area contributed by atoms with E-state index in [4.69, 9.17) is 14.2 Å². The summed E-state index contributed by atoms with van der Waals surface area (Å²) in [6.07, 6.45) is 0.0401. The molecule has 1 aromatic rings. The molecule has 1 aromatic carbocycles.